The van der Waals surface area contributed by atoms with Crippen molar-refractivity contribution in [2.24, 2.45) is 0 Å². The molecule has 0 saturated carbocycles. The third kappa shape index (κ3) is 4.39. The van der Waals surface area contributed by atoms with Crippen molar-refractivity contribution in [2.75, 3.05) is 36.6 Å². The van der Waals surface area contributed by atoms with Crippen molar-refractivity contribution >= 4 is 34.3 Å². The topological polar surface area (TPSA) is 102 Å². The Morgan fingerprint density at radius 3 is 2.81 bits per heavy atom. The molecule has 2 aromatic carbocycles. The van der Waals surface area contributed by atoms with Gasteiger partial charge in [-0.2, -0.15) is 4.98 Å². The number of rotatable bonds is 7. The van der Waals surface area contributed by atoms with Gasteiger partial charge in [-0.25, -0.2) is 4.98 Å². The predicted octanol–water partition coefficient (Wildman–Crippen LogP) is 3.06. The van der Waals surface area contributed by atoms with E-state index in [1.54, 1.807) is 7.11 Å². The molecule has 0 fully saturated rings. The van der Waals surface area contributed by atoms with Gasteiger partial charge in [0.2, 0.25) is 11.9 Å². The maximum Gasteiger partial charge on any atom is 0.247 e. The fourth-order valence-electron chi connectivity index (χ4n) is 2.65. The van der Waals surface area contributed by atoms with Crippen LogP contribution >= 0.6 is 0 Å². The molecule has 7 heteroatoms. The highest BCUT2D eigenvalue weighted by Gasteiger charge is 2.08. The van der Waals surface area contributed by atoms with Crippen LogP contribution in [0.15, 0.2) is 55.1 Å². The zero-order valence-corrected chi connectivity index (χ0v) is 15.0. The summed E-state index contributed by atoms with van der Waals surface area (Å²) in [4.78, 5) is 20.3. The van der Waals surface area contributed by atoms with Crippen molar-refractivity contribution in [3.63, 3.8) is 0 Å². The lowest BCUT2D eigenvalue weighted by molar-refractivity contribution is -0.111. The lowest BCUT2D eigenvalue weighted by atomic mass is 10.0. The van der Waals surface area contributed by atoms with E-state index in [-0.39, 0.29) is 5.91 Å². The number of nitrogens with one attached hydrogen (secondary N) is 2. The Kier molecular flexibility index (Phi) is 5.63. The molecule has 0 saturated heterocycles. The van der Waals surface area contributed by atoms with Gasteiger partial charge in [-0.3, -0.25) is 4.79 Å². The van der Waals surface area contributed by atoms with E-state index in [9.17, 15) is 4.79 Å². The summed E-state index contributed by atoms with van der Waals surface area (Å²) in [5, 5.41) is 6.64. The van der Waals surface area contributed by atoms with E-state index in [4.69, 9.17) is 10.5 Å². The molecular formula is C20H21N5O2. The first kappa shape index (κ1) is 18.3. The second-order valence-corrected chi connectivity index (χ2v) is 5.86. The van der Waals surface area contributed by atoms with Crippen molar-refractivity contribution in [3.05, 3.63) is 55.1 Å². The quantitative estimate of drug-likeness (QED) is 0.440. The minimum Gasteiger partial charge on any atom is -0.383 e. The molecule has 0 spiro atoms. The number of fused-ring (bicyclic) bond motifs is 1. The van der Waals surface area contributed by atoms with Gasteiger partial charge in [0.25, 0.3) is 0 Å². The number of nitrogens with two attached hydrogens (primary N) is 1. The van der Waals surface area contributed by atoms with Gasteiger partial charge in [-0.15, -0.1) is 0 Å². The molecule has 0 aliphatic carbocycles. The van der Waals surface area contributed by atoms with Crippen LogP contribution in [0.1, 0.15) is 0 Å². The summed E-state index contributed by atoms with van der Waals surface area (Å²) in [6, 6.07) is 13.4. The zero-order valence-electron chi connectivity index (χ0n) is 15.0. The van der Waals surface area contributed by atoms with Crippen LogP contribution in [-0.2, 0) is 9.53 Å². The molecule has 27 heavy (non-hydrogen) atoms. The van der Waals surface area contributed by atoms with E-state index in [0.717, 1.165) is 22.0 Å². The van der Waals surface area contributed by atoms with Gasteiger partial charge in [-0.05, 0) is 41.5 Å². The number of hydrogen-bond donors (Lipinski definition) is 3. The van der Waals surface area contributed by atoms with Gasteiger partial charge in [0.05, 0.1) is 12.1 Å². The first-order chi connectivity index (χ1) is 13.1. The molecule has 0 unspecified atom stereocenters. The number of nitrogen functional groups attached to an aromatic ring is 1. The Labute approximate surface area is 157 Å². The summed E-state index contributed by atoms with van der Waals surface area (Å²) in [5.74, 6) is 0.623. The van der Waals surface area contributed by atoms with Crippen LogP contribution < -0.4 is 16.4 Å². The zero-order chi connectivity index (χ0) is 19.2. The van der Waals surface area contributed by atoms with E-state index in [2.05, 4.69) is 27.2 Å². The molecule has 138 valence electrons. The lowest BCUT2D eigenvalue weighted by Crippen LogP contribution is -2.11. The molecule has 0 radical (unpaired) electrons. The molecule has 0 atom stereocenters. The number of carbonyl (C=O) groups excluding carboxylic acids is 1. The van der Waals surface area contributed by atoms with Crippen molar-refractivity contribution in [1.29, 1.82) is 0 Å². The first-order valence-electron chi connectivity index (χ1n) is 8.44. The van der Waals surface area contributed by atoms with Crippen LogP contribution in [0.2, 0.25) is 0 Å². The SMILES string of the molecule is C=CC(=O)Nc1cccc(-c2ccc3c(N)nc(NCCOC)nc3c2)c1. The largest absolute Gasteiger partial charge is 0.383 e. The Bertz CT molecular complexity index is 987. The third-order valence-electron chi connectivity index (χ3n) is 3.96. The van der Waals surface area contributed by atoms with Gasteiger partial charge >= 0.3 is 0 Å². The smallest absolute Gasteiger partial charge is 0.247 e. The van der Waals surface area contributed by atoms with Crippen molar-refractivity contribution in [2.45, 2.75) is 0 Å². The molecular weight excluding hydrogens is 342 g/mol. The third-order valence-corrected chi connectivity index (χ3v) is 3.96. The number of hydrogen-bond acceptors (Lipinski definition) is 6. The summed E-state index contributed by atoms with van der Waals surface area (Å²) in [5.41, 5.74) is 9.40. The number of nitrogens with zero attached hydrogens (tertiary/aromatic N) is 2. The molecule has 0 aliphatic rings. The van der Waals surface area contributed by atoms with Crippen LogP contribution in [0.4, 0.5) is 17.5 Å². The van der Waals surface area contributed by atoms with Crippen molar-refractivity contribution in [1.82, 2.24) is 9.97 Å². The summed E-state index contributed by atoms with van der Waals surface area (Å²) in [6.45, 7) is 4.60. The van der Waals surface area contributed by atoms with Crippen LogP contribution in [0.3, 0.4) is 0 Å². The van der Waals surface area contributed by atoms with E-state index < -0.39 is 0 Å². The molecule has 1 amide bonds. The Morgan fingerprint density at radius 2 is 2.04 bits per heavy atom. The van der Waals surface area contributed by atoms with E-state index >= 15 is 0 Å². The number of aromatic nitrogens is 2. The number of anilines is 3. The fourth-order valence-corrected chi connectivity index (χ4v) is 2.65. The second kappa shape index (κ2) is 8.29. The molecule has 1 aromatic heterocycles. The monoisotopic (exact) mass is 363 g/mol. The van der Waals surface area contributed by atoms with Gasteiger partial charge in [-0.1, -0.05) is 24.8 Å². The minimum absolute atomic E-state index is 0.252. The lowest BCUT2D eigenvalue weighted by Gasteiger charge is -2.10. The highest BCUT2D eigenvalue weighted by atomic mass is 16.5. The molecule has 0 bridgehead atoms. The standard InChI is InChI=1S/C20H21N5O2/c1-3-18(26)23-15-6-4-5-13(11-15)14-7-8-16-17(12-14)24-20(25-19(16)21)22-9-10-27-2/h3-8,11-12H,1,9-10H2,2H3,(H,23,26)(H3,21,22,24,25). The highest BCUT2D eigenvalue weighted by molar-refractivity contribution is 5.99. The molecule has 0 aliphatic heterocycles. The van der Waals surface area contributed by atoms with Gasteiger partial charge in [0.15, 0.2) is 0 Å². The summed E-state index contributed by atoms with van der Waals surface area (Å²) >= 11 is 0. The van der Waals surface area contributed by atoms with Crippen LogP contribution in [0.5, 0.6) is 0 Å². The number of amides is 1. The number of methoxy groups -OCH3 is 1. The molecule has 4 N–H and O–H groups in total. The number of benzene rings is 2. The normalized spacial score (nSPS) is 10.6. The summed E-state index contributed by atoms with van der Waals surface area (Å²) < 4.78 is 5.02. The molecule has 3 rings (SSSR count). The maximum absolute atomic E-state index is 11.5. The van der Waals surface area contributed by atoms with E-state index in [1.165, 1.54) is 6.08 Å². The van der Waals surface area contributed by atoms with Crippen molar-refractivity contribution < 1.29 is 9.53 Å². The summed E-state index contributed by atoms with van der Waals surface area (Å²) in [6.07, 6.45) is 1.24. The first-order valence-corrected chi connectivity index (χ1v) is 8.44. The van der Waals surface area contributed by atoms with Crippen LogP contribution in [0, 0.1) is 0 Å². The number of ether oxygens (including phenoxy) is 1. The van der Waals surface area contributed by atoms with Gasteiger partial charge in [0, 0.05) is 24.7 Å². The Hall–Kier alpha value is -3.45. The molecule has 1 heterocycles. The van der Waals surface area contributed by atoms with E-state index in [1.807, 2.05) is 42.5 Å². The van der Waals surface area contributed by atoms with Gasteiger partial charge in [0.1, 0.15) is 5.82 Å². The van der Waals surface area contributed by atoms with Crippen LogP contribution in [-0.4, -0.2) is 36.1 Å². The Balaban J connectivity index is 1.94. The maximum atomic E-state index is 11.5. The average Bonchev–Trinajstić information content (AvgIpc) is 2.68. The minimum atomic E-state index is -0.252. The number of carbonyl (C=O) groups is 1. The van der Waals surface area contributed by atoms with Crippen molar-refractivity contribution in [3.8, 4) is 11.1 Å². The van der Waals surface area contributed by atoms with Gasteiger partial charge < -0.3 is 21.1 Å². The summed E-state index contributed by atoms with van der Waals surface area (Å²) in [7, 11) is 1.63. The highest BCUT2D eigenvalue weighted by Crippen LogP contribution is 2.28. The Morgan fingerprint density at radius 1 is 1.22 bits per heavy atom. The predicted molar refractivity (Wildman–Crippen MR) is 109 cm³/mol. The van der Waals surface area contributed by atoms with Crippen LogP contribution in [0.25, 0.3) is 22.0 Å². The van der Waals surface area contributed by atoms with E-state index in [0.29, 0.717) is 30.6 Å². The fraction of sp³-hybridized carbons (Fsp3) is 0.150. The molecule has 7 nitrogen and oxygen atoms in total. The molecule has 3 aromatic rings. The average molecular weight is 363 g/mol. The second-order valence-electron chi connectivity index (χ2n) is 5.86.